The molecule has 0 atom stereocenters. The van der Waals surface area contributed by atoms with Gasteiger partial charge >= 0.3 is 0 Å². The fraction of sp³-hybridized carbons (Fsp3) is 0. The van der Waals surface area contributed by atoms with Gasteiger partial charge in [-0.05, 0) is 40.2 Å². The summed E-state index contributed by atoms with van der Waals surface area (Å²) in [6.45, 7) is 0. The number of benzene rings is 2. The molecule has 2 aromatic rings. The van der Waals surface area contributed by atoms with Crippen molar-refractivity contribution in [3.63, 3.8) is 0 Å². The minimum absolute atomic E-state index is 0.240. The summed E-state index contributed by atoms with van der Waals surface area (Å²) >= 11 is 3.41. The van der Waals surface area contributed by atoms with E-state index < -0.39 is 10.0 Å². The molecule has 0 aliphatic carbocycles. The van der Waals surface area contributed by atoms with Gasteiger partial charge in [0.05, 0.1) is 5.69 Å². The molecule has 1 heterocycles. The quantitative estimate of drug-likeness (QED) is 0.870. The summed E-state index contributed by atoms with van der Waals surface area (Å²) in [5, 5.41) is 3.04. The monoisotopic (exact) mass is 336 g/mol. The third-order valence-corrected chi connectivity index (χ3v) is 4.78. The molecule has 0 saturated carbocycles. The molecule has 0 radical (unpaired) electrons. The molecule has 1 N–H and O–H groups in total. The van der Waals surface area contributed by atoms with Crippen molar-refractivity contribution in [2.24, 2.45) is 4.40 Å². The van der Waals surface area contributed by atoms with Crippen molar-refractivity contribution in [2.45, 2.75) is 4.90 Å². The summed E-state index contributed by atoms with van der Waals surface area (Å²) in [5.41, 5.74) is 1.37. The van der Waals surface area contributed by atoms with Crippen LogP contribution in [0, 0.1) is 0 Å². The Morgan fingerprint density at radius 2 is 1.68 bits per heavy atom. The van der Waals surface area contributed by atoms with E-state index in [1.54, 1.807) is 24.3 Å². The van der Waals surface area contributed by atoms with E-state index in [-0.39, 0.29) is 4.90 Å². The van der Waals surface area contributed by atoms with Crippen LogP contribution < -0.4 is 5.32 Å². The van der Waals surface area contributed by atoms with Crippen molar-refractivity contribution in [3.05, 3.63) is 58.6 Å². The predicted octanol–water partition coefficient (Wildman–Crippen LogP) is 3.01. The lowest BCUT2D eigenvalue weighted by Crippen LogP contribution is -2.11. The average Bonchev–Trinajstić information content (AvgIpc) is 2.65. The number of halogens is 1. The molecule has 1 aliphatic heterocycles. The molecule has 4 nitrogen and oxygen atoms in total. The third kappa shape index (κ3) is 2.17. The second-order valence-electron chi connectivity index (χ2n) is 4.02. The fourth-order valence-electron chi connectivity index (χ4n) is 1.89. The van der Waals surface area contributed by atoms with Gasteiger partial charge in [-0.25, -0.2) is 0 Å². The van der Waals surface area contributed by atoms with Gasteiger partial charge in [0.25, 0.3) is 10.0 Å². The van der Waals surface area contributed by atoms with Crippen LogP contribution in [0.4, 0.5) is 5.69 Å². The first kappa shape index (κ1) is 12.4. The molecule has 6 heteroatoms. The van der Waals surface area contributed by atoms with E-state index in [0.29, 0.717) is 11.4 Å². The van der Waals surface area contributed by atoms with Crippen LogP contribution in [-0.4, -0.2) is 14.3 Å². The molecular weight excluding hydrogens is 328 g/mol. The molecule has 96 valence electrons. The van der Waals surface area contributed by atoms with Crippen LogP contribution in [0.2, 0.25) is 0 Å². The van der Waals surface area contributed by atoms with E-state index >= 15 is 0 Å². The first-order valence-corrected chi connectivity index (χ1v) is 7.77. The maximum atomic E-state index is 11.9. The Morgan fingerprint density at radius 1 is 1.00 bits per heavy atom. The number of hydrogen-bond acceptors (Lipinski definition) is 3. The Labute approximate surface area is 119 Å². The molecule has 0 amide bonds. The second kappa shape index (κ2) is 4.47. The Balaban J connectivity index is 2.07. The van der Waals surface area contributed by atoms with Crippen LogP contribution in [0.15, 0.2) is 62.3 Å². The van der Waals surface area contributed by atoms with E-state index in [1.807, 2.05) is 24.3 Å². The molecule has 19 heavy (non-hydrogen) atoms. The number of anilines is 1. The van der Waals surface area contributed by atoms with Crippen LogP contribution >= 0.6 is 15.9 Å². The number of hydrogen-bond donors (Lipinski definition) is 1. The molecule has 3 rings (SSSR count). The molecule has 0 fully saturated rings. The summed E-state index contributed by atoms with van der Waals surface area (Å²) in [6.07, 6.45) is 0. The standard InChI is InChI=1S/C13H9BrN2O2S/c14-10-6-2-3-7-11(10)15-13-9-5-1-4-8-12(9)19(17,18)16-13/h1-8H,(H,15,16). The Kier molecular flexibility index (Phi) is 2.91. The molecule has 0 aromatic heterocycles. The number of sulfonamides is 1. The fourth-order valence-corrected chi connectivity index (χ4v) is 3.45. The maximum Gasteiger partial charge on any atom is 0.285 e. The second-order valence-corrected chi connectivity index (χ2v) is 6.44. The van der Waals surface area contributed by atoms with Crippen LogP contribution in [0.1, 0.15) is 5.56 Å². The molecule has 0 bridgehead atoms. The number of nitrogens with one attached hydrogen (secondary N) is 1. The number of rotatable bonds is 1. The van der Waals surface area contributed by atoms with Crippen molar-refractivity contribution in [3.8, 4) is 0 Å². The summed E-state index contributed by atoms with van der Waals surface area (Å²) in [5.74, 6) is 0.350. The van der Waals surface area contributed by atoms with Gasteiger partial charge in [0.2, 0.25) is 0 Å². The van der Waals surface area contributed by atoms with Gasteiger partial charge in [-0.2, -0.15) is 8.42 Å². The zero-order valence-corrected chi connectivity index (χ0v) is 12.1. The molecule has 1 aliphatic rings. The van der Waals surface area contributed by atoms with Crippen LogP contribution in [0.25, 0.3) is 0 Å². The van der Waals surface area contributed by atoms with Crippen LogP contribution in [0.3, 0.4) is 0 Å². The highest BCUT2D eigenvalue weighted by atomic mass is 79.9. The molecule has 0 saturated heterocycles. The highest BCUT2D eigenvalue weighted by Gasteiger charge is 2.28. The lowest BCUT2D eigenvalue weighted by molar-refractivity contribution is 0.599. The summed E-state index contributed by atoms with van der Waals surface area (Å²) in [7, 11) is -3.58. The van der Waals surface area contributed by atoms with Gasteiger partial charge < -0.3 is 5.32 Å². The summed E-state index contributed by atoms with van der Waals surface area (Å²) in [4.78, 5) is 0.240. The first-order valence-electron chi connectivity index (χ1n) is 5.54. The predicted molar refractivity (Wildman–Crippen MR) is 77.9 cm³/mol. The van der Waals surface area contributed by atoms with E-state index in [0.717, 1.165) is 10.2 Å². The zero-order valence-electron chi connectivity index (χ0n) is 9.67. The summed E-state index contributed by atoms with van der Waals surface area (Å²) < 4.78 is 28.4. The van der Waals surface area contributed by atoms with Crippen molar-refractivity contribution >= 4 is 37.5 Å². The van der Waals surface area contributed by atoms with Crippen molar-refractivity contribution in [1.82, 2.24) is 0 Å². The average molecular weight is 337 g/mol. The molecule has 0 unspecified atom stereocenters. The van der Waals surface area contributed by atoms with Crippen molar-refractivity contribution in [2.75, 3.05) is 5.32 Å². The van der Waals surface area contributed by atoms with Crippen LogP contribution in [0.5, 0.6) is 0 Å². The third-order valence-electron chi connectivity index (χ3n) is 2.76. The van der Waals surface area contributed by atoms with Gasteiger partial charge in [0.15, 0.2) is 5.84 Å². The van der Waals surface area contributed by atoms with E-state index in [9.17, 15) is 8.42 Å². The van der Waals surface area contributed by atoms with Crippen molar-refractivity contribution < 1.29 is 8.42 Å². The van der Waals surface area contributed by atoms with Crippen molar-refractivity contribution in [1.29, 1.82) is 0 Å². The number of para-hydroxylation sites is 1. The lowest BCUT2D eigenvalue weighted by atomic mass is 10.2. The van der Waals surface area contributed by atoms with E-state index in [1.165, 1.54) is 0 Å². The van der Waals surface area contributed by atoms with E-state index in [2.05, 4.69) is 25.6 Å². The van der Waals surface area contributed by atoms with Gasteiger partial charge in [0, 0.05) is 10.0 Å². The molecule has 0 spiro atoms. The first-order chi connectivity index (χ1) is 9.08. The topological polar surface area (TPSA) is 58.5 Å². The molecule has 2 aromatic carbocycles. The highest BCUT2D eigenvalue weighted by molar-refractivity contribution is 9.10. The van der Waals surface area contributed by atoms with Gasteiger partial charge in [-0.15, -0.1) is 4.40 Å². The van der Waals surface area contributed by atoms with Gasteiger partial charge in [-0.3, -0.25) is 0 Å². The molecular formula is C13H9BrN2O2S. The lowest BCUT2D eigenvalue weighted by Gasteiger charge is -2.07. The van der Waals surface area contributed by atoms with Crippen LogP contribution in [-0.2, 0) is 10.0 Å². The summed E-state index contributed by atoms with van der Waals surface area (Å²) in [6, 6.07) is 14.2. The highest BCUT2D eigenvalue weighted by Crippen LogP contribution is 2.28. The zero-order chi connectivity index (χ0) is 13.5. The smallest absolute Gasteiger partial charge is 0.285 e. The van der Waals surface area contributed by atoms with Gasteiger partial charge in [-0.1, -0.05) is 24.3 Å². The van der Waals surface area contributed by atoms with Gasteiger partial charge in [0.1, 0.15) is 4.90 Å². The maximum absolute atomic E-state index is 11.9. The van der Waals surface area contributed by atoms with E-state index in [4.69, 9.17) is 0 Å². The largest absolute Gasteiger partial charge is 0.338 e. The Morgan fingerprint density at radius 3 is 2.47 bits per heavy atom. The Bertz CT molecular complexity index is 785. The number of amidine groups is 1. The number of fused-ring (bicyclic) bond motifs is 1. The Hall–Kier alpha value is -1.66. The minimum Gasteiger partial charge on any atom is -0.338 e. The minimum atomic E-state index is -3.58. The number of nitrogens with zero attached hydrogens (tertiary/aromatic N) is 1. The normalized spacial score (nSPS) is 15.7. The SMILES string of the molecule is O=S1(=O)N=C(Nc2ccccc2Br)c2ccccc21.